The number of hydrogen-bond donors (Lipinski definition) is 3. The molecule has 1 aliphatic carbocycles. The van der Waals surface area contributed by atoms with Crippen LogP contribution in [-0.2, 0) is 10.0 Å². The van der Waals surface area contributed by atoms with Gasteiger partial charge in [0.25, 0.3) is 0 Å². The molecule has 0 amide bonds. The average Bonchev–Trinajstić information content (AvgIpc) is 2.94. The SMILES string of the molecule is CC(C)Nc1nc(NCC2CCC(CNS(=O)(=O)c3cccc4c(N(C)C)cccc34)CC2)nc2ccccc12. The predicted molar refractivity (Wildman–Crippen MR) is 166 cm³/mol. The van der Waals surface area contributed by atoms with Gasteiger partial charge in [-0.3, -0.25) is 0 Å². The molecule has 0 radical (unpaired) electrons. The Balaban J connectivity index is 1.17. The lowest BCUT2D eigenvalue weighted by molar-refractivity contribution is 0.284. The van der Waals surface area contributed by atoms with Gasteiger partial charge in [0.05, 0.1) is 10.4 Å². The summed E-state index contributed by atoms with van der Waals surface area (Å²) in [6.07, 6.45) is 4.08. The monoisotopic (exact) mass is 560 g/mol. The molecule has 3 aromatic carbocycles. The van der Waals surface area contributed by atoms with Crippen molar-refractivity contribution in [2.24, 2.45) is 11.8 Å². The molecule has 0 saturated heterocycles. The van der Waals surface area contributed by atoms with Crippen LogP contribution in [0.4, 0.5) is 17.5 Å². The fraction of sp³-hybridized carbons (Fsp3) is 0.419. The summed E-state index contributed by atoms with van der Waals surface area (Å²) < 4.78 is 29.6. The topological polar surface area (TPSA) is 99.2 Å². The van der Waals surface area contributed by atoms with Crippen molar-refractivity contribution in [2.75, 3.05) is 42.7 Å². The minimum atomic E-state index is -3.62. The Labute approximate surface area is 237 Å². The number of rotatable bonds is 10. The average molecular weight is 561 g/mol. The first kappa shape index (κ1) is 28.1. The number of aromatic nitrogens is 2. The number of nitrogens with one attached hydrogen (secondary N) is 3. The van der Waals surface area contributed by atoms with Crippen LogP contribution in [0.5, 0.6) is 0 Å². The lowest BCUT2D eigenvalue weighted by Gasteiger charge is -2.29. The Morgan fingerprint density at radius 2 is 1.48 bits per heavy atom. The van der Waals surface area contributed by atoms with Gasteiger partial charge in [0, 0.05) is 55.1 Å². The molecule has 4 aromatic rings. The van der Waals surface area contributed by atoms with Gasteiger partial charge >= 0.3 is 0 Å². The lowest BCUT2D eigenvalue weighted by Crippen LogP contribution is -2.32. The number of anilines is 3. The summed E-state index contributed by atoms with van der Waals surface area (Å²) in [4.78, 5) is 11.8. The van der Waals surface area contributed by atoms with Crippen molar-refractivity contribution in [1.82, 2.24) is 14.7 Å². The van der Waals surface area contributed by atoms with Crippen molar-refractivity contribution in [3.05, 3.63) is 60.7 Å². The molecule has 5 rings (SSSR count). The van der Waals surface area contributed by atoms with Gasteiger partial charge in [-0.05, 0) is 75.6 Å². The molecule has 3 N–H and O–H groups in total. The Hall–Kier alpha value is -3.43. The molecule has 1 saturated carbocycles. The molecule has 0 aliphatic heterocycles. The fourth-order valence-electron chi connectivity index (χ4n) is 5.61. The van der Waals surface area contributed by atoms with E-state index in [0.29, 0.717) is 29.2 Å². The Bertz CT molecular complexity index is 1580. The van der Waals surface area contributed by atoms with Crippen LogP contribution in [0, 0.1) is 11.8 Å². The van der Waals surface area contributed by atoms with E-state index in [2.05, 4.69) is 29.2 Å². The summed E-state index contributed by atoms with van der Waals surface area (Å²) in [5.74, 6) is 2.33. The first-order valence-corrected chi connectivity index (χ1v) is 15.7. The van der Waals surface area contributed by atoms with Crippen LogP contribution >= 0.6 is 0 Å². The lowest BCUT2D eigenvalue weighted by atomic mass is 9.82. The number of sulfonamides is 1. The fourth-order valence-corrected chi connectivity index (χ4v) is 6.94. The summed E-state index contributed by atoms with van der Waals surface area (Å²) in [6, 6.07) is 19.6. The summed E-state index contributed by atoms with van der Waals surface area (Å²) in [5.41, 5.74) is 1.92. The zero-order valence-corrected chi connectivity index (χ0v) is 24.6. The van der Waals surface area contributed by atoms with Crippen LogP contribution < -0.4 is 20.3 Å². The van der Waals surface area contributed by atoms with Gasteiger partial charge < -0.3 is 15.5 Å². The third kappa shape index (κ3) is 6.31. The first-order valence-electron chi connectivity index (χ1n) is 14.2. The molecule has 1 fully saturated rings. The van der Waals surface area contributed by atoms with Crippen LogP contribution in [0.1, 0.15) is 39.5 Å². The standard InChI is InChI=1S/C31H40N6O2S/c1-21(2)34-30-26-9-5-6-12-27(26)35-31(36-30)32-19-22-15-17-23(18-16-22)20-33-40(38,39)29-14-8-10-24-25(29)11-7-13-28(24)37(3)4/h5-14,21-23,33H,15-20H2,1-4H3,(H2,32,34,35,36). The Morgan fingerprint density at radius 3 is 2.20 bits per heavy atom. The molecular formula is C31H40N6O2S. The molecule has 0 atom stereocenters. The zero-order chi connectivity index (χ0) is 28.3. The second-order valence-electron chi connectivity index (χ2n) is 11.4. The van der Waals surface area contributed by atoms with Crippen molar-refractivity contribution in [2.45, 2.75) is 50.5 Å². The maximum atomic E-state index is 13.3. The third-order valence-electron chi connectivity index (χ3n) is 7.74. The van der Waals surface area contributed by atoms with E-state index in [0.717, 1.165) is 65.4 Å². The number of para-hydroxylation sites is 1. The summed E-state index contributed by atoms with van der Waals surface area (Å²) in [5, 5.41) is 9.61. The Kier molecular flexibility index (Phi) is 8.42. The van der Waals surface area contributed by atoms with E-state index in [1.54, 1.807) is 6.07 Å². The van der Waals surface area contributed by atoms with E-state index >= 15 is 0 Å². The zero-order valence-electron chi connectivity index (χ0n) is 23.8. The molecule has 212 valence electrons. The van der Waals surface area contributed by atoms with E-state index < -0.39 is 10.0 Å². The second-order valence-corrected chi connectivity index (χ2v) is 13.1. The summed E-state index contributed by atoms with van der Waals surface area (Å²) in [7, 11) is 0.314. The Morgan fingerprint density at radius 1 is 0.825 bits per heavy atom. The third-order valence-corrected chi connectivity index (χ3v) is 9.22. The van der Waals surface area contributed by atoms with E-state index in [4.69, 9.17) is 9.97 Å². The molecule has 0 bridgehead atoms. The minimum absolute atomic E-state index is 0.273. The number of hydrogen-bond acceptors (Lipinski definition) is 7. The summed E-state index contributed by atoms with van der Waals surface area (Å²) >= 11 is 0. The smallest absolute Gasteiger partial charge is 0.241 e. The van der Waals surface area contributed by atoms with E-state index in [9.17, 15) is 8.42 Å². The van der Waals surface area contributed by atoms with Crippen molar-refractivity contribution < 1.29 is 8.42 Å². The largest absolute Gasteiger partial charge is 0.377 e. The molecule has 1 heterocycles. The van der Waals surface area contributed by atoms with E-state index in [-0.39, 0.29) is 6.04 Å². The molecule has 1 aromatic heterocycles. The van der Waals surface area contributed by atoms with E-state index in [1.807, 2.05) is 73.6 Å². The highest BCUT2D eigenvalue weighted by atomic mass is 32.2. The first-order chi connectivity index (χ1) is 19.2. The van der Waals surface area contributed by atoms with Crippen LogP contribution in [0.25, 0.3) is 21.7 Å². The molecule has 0 unspecified atom stereocenters. The van der Waals surface area contributed by atoms with Gasteiger partial charge in [-0.25, -0.2) is 18.1 Å². The highest BCUT2D eigenvalue weighted by Gasteiger charge is 2.25. The van der Waals surface area contributed by atoms with Crippen LogP contribution in [0.3, 0.4) is 0 Å². The van der Waals surface area contributed by atoms with Gasteiger partial charge in [0.2, 0.25) is 16.0 Å². The van der Waals surface area contributed by atoms with Gasteiger partial charge in [0.15, 0.2) is 0 Å². The van der Waals surface area contributed by atoms with Crippen molar-refractivity contribution in [3.63, 3.8) is 0 Å². The number of nitrogens with zero attached hydrogens (tertiary/aromatic N) is 3. The molecule has 40 heavy (non-hydrogen) atoms. The minimum Gasteiger partial charge on any atom is -0.377 e. The quantitative estimate of drug-likeness (QED) is 0.223. The molecule has 9 heteroatoms. The van der Waals surface area contributed by atoms with Gasteiger partial charge in [-0.2, -0.15) is 4.98 Å². The van der Waals surface area contributed by atoms with Gasteiger partial charge in [-0.15, -0.1) is 0 Å². The second kappa shape index (κ2) is 12.0. The van der Waals surface area contributed by atoms with Crippen molar-refractivity contribution in [1.29, 1.82) is 0 Å². The maximum Gasteiger partial charge on any atom is 0.241 e. The van der Waals surface area contributed by atoms with E-state index in [1.165, 1.54) is 0 Å². The van der Waals surface area contributed by atoms with Gasteiger partial charge in [-0.1, -0.05) is 36.4 Å². The molecule has 1 aliphatic rings. The van der Waals surface area contributed by atoms with Crippen LogP contribution in [0.15, 0.2) is 65.6 Å². The number of fused-ring (bicyclic) bond motifs is 2. The molecule has 0 spiro atoms. The van der Waals surface area contributed by atoms with Gasteiger partial charge in [0.1, 0.15) is 5.82 Å². The van der Waals surface area contributed by atoms with Crippen molar-refractivity contribution >= 4 is 49.2 Å². The van der Waals surface area contributed by atoms with Crippen molar-refractivity contribution in [3.8, 4) is 0 Å². The highest BCUT2D eigenvalue weighted by Crippen LogP contribution is 2.32. The molecule has 8 nitrogen and oxygen atoms in total. The summed E-state index contributed by atoms with van der Waals surface area (Å²) in [6.45, 7) is 5.48. The normalized spacial score (nSPS) is 17.8. The highest BCUT2D eigenvalue weighted by molar-refractivity contribution is 7.89. The number of benzene rings is 3. The maximum absolute atomic E-state index is 13.3. The predicted octanol–water partition coefficient (Wildman–Crippen LogP) is 5.87. The van der Waals surface area contributed by atoms with Crippen LogP contribution in [-0.4, -0.2) is 51.6 Å². The van der Waals surface area contributed by atoms with Crippen LogP contribution in [0.2, 0.25) is 0 Å². The molecular weight excluding hydrogens is 520 g/mol.